The predicted molar refractivity (Wildman–Crippen MR) is 133 cm³/mol. The summed E-state index contributed by atoms with van der Waals surface area (Å²) in [4.78, 5) is 0. The van der Waals surface area contributed by atoms with Crippen molar-refractivity contribution >= 4 is 38.5 Å². The Kier molecular flexibility index (Phi) is 5.80. The van der Waals surface area contributed by atoms with Gasteiger partial charge in [0.05, 0.1) is 11.8 Å². The molecule has 2 N–H and O–H groups in total. The van der Waals surface area contributed by atoms with Crippen LogP contribution in [0, 0.1) is 0 Å². The molecular weight excluding hydrogens is 474 g/mol. The van der Waals surface area contributed by atoms with Crippen LogP contribution in [0.3, 0.4) is 0 Å². The predicted octanol–water partition coefficient (Wildman–Crippen LogP) is 5.06. The van der Waals surface area contributed by atoms with Crippen LogP contribution in [-0.4, -0.2) is 42.6 Å². The van der Waals surface area contributed by atoms with Crippen molar-refractivity contribution in [1.82, 2.24) is 0 Å². The minimum Gasteiger partial charge on any atom is -0.508 e. The van der Waals surface area contributed by atoms with Crippen molar-refractivity contribution in [2.45, 2.75) is 30.8 Å². The second-order valence-electron chi connectivity index (χ2n) is 8.43. The highest BCUT2D eigenvalue weighted by Gasteiger charge is 2.54. The Labute approximate surface area is 203 Å². The fourth-order valence-corrected chi connectivity index (χ4v) is 7.08. The maximum absolute atomic E-state index is 13.9. The summed E-state index contributed by atoms with van der Waals surface area (Å²) in [5, 5.41) is 19.3. The number of benzene rings is 3. The van der Waals surface area contributed by atoms with Gasteiger partial charge in [-0.25, -0.2) is 8.42 Å². The normalized spacial score (nSPS) is 21.8. The van der Waals surface area contributed by atoms with E-state index in [1.54, 1.807) is 67.6 Å². The van der Waals surface area contributed by atoms with E-state index in [0.29, 0.717) is 17.1 Å². The quantitative estimate of drug-likeness (QED) is 0.497. The van der Waals surface area contributed by atoms with Crippen LogP contribution in [0.15, 0.2) is 72.8 Å². The van der Waals surface area contributed by atoms with Crippen LogP contribution in [0.25, 0.3) is 11.1 Å². The minimum atomic E-state index is -3.77. The van der Waals surface area contributed by atoms with Crippen LogP contribution in [0.2, 0.25) is 5.02 Å². The maximum Gasteiger partial charge on any atom is 0.241 e. The van der Waals surface area contributed by atoms with Crippen LogP contribution >= 0.6 is 11.6 Å². The lowest BCUT2D eigenvalue weighted by molar-refractivity contribution is 0.128. The molecule has 1 fully saturated rings. The number of hydrogen-bond donors (Lipinski definition) is 2. The van der Waals surface area contributed by atoms with Crippen LogP contribution in [0.1, 0.15) is 24.5 Å². The number of nitrogens with zero attached hydrogens (tertiary/aromatic N) is 1. The third kappa shape index (κ3) is 3.83. The molecule has 2 heterocycles. The van der Waals surface area contributed by atoms with E-state index in [9.17, 15) is 18.6 Å². The highest BCUT2D eigenvalue weighted by atomic mass is 35.5. The molecule has 0 aliphatic carbocycles. The van der Waals surface area contributed by atoms with Gasteiger partial charge in [0.25, 0.3) is 0 Å². The van der Waals surface area contributed by atoms with Gasteiger partial charge in [-0.2, -0.15) is 0 Å². The molecule has 34 heavy (non-hydrogen) atoms. The van der Waals surface area contributed by atoms with Gasteiger partial charge in [-0.1, -0.05) is 35.9 Å². The second-order valence-corrected chi connectivity index (χ2v) is 10.9. The van der Waals surface area contributed by atoms with Crippen molar-refractivity contribution in [2.24, 2.45) is 0 Å². The van der Waals surface area contributed by atoms with Gasteiger partial charge in [0.2, 0.25) is 10.0 Å². The number of halogens is 1. The minimum absolute atomic E-state index is 0.128. The molecule has 176 valence electrons. The Morgan fingerprint density at radius 3 is 1.94 bits per heavy atom. The summed E-state index contributed by atoms with van der Waals surface area (Å²) in [5.74, 6) is 0.283. The Morgan fingerprint density at radius 1 is 0.882 bits per heavy atom. The summed E-state index contributed by atoms with van der Waals surface area (Å²) in [7, 11) is -3.77. The Hall–Kier alpha value is -3.00. The van der Waals surface area contributed by atoms with E-state index in [0.717, 1.165) is 22.3 Å². The summed E-state index contributed by atoms with van der Waals surface area (Å²) in [6.45, 7) is 2.08. The van der Waals surface area contributed by atoms with Crippen molar-refractivity contribution in [2.75, 3.05) is 10.8 Å². The molecule has 0 unspecified atom stereocenters. The number of rotatable bonds is 6. The third-order valence-electron chi connectivity index (χ3n) is 6.44. The molecule has 5 rings (SSSR count). The van der Waals surface area contributed by atoms with E-state index in [4.69, 9.17) is 16.3 Å². The zero-order valence-electron chi connectivity index (χ0n) is 18.4. The van der Waals surface area contributed by atoms with E-state index in [2.05, 4.69) is 0 Å². The monoisotopic (exact) mass is 497 g/mol. The van der Waals surface area contributed by atoms with Crippen LogP contribution < -0.4 is 4.31 Å². The maximum atomic E-state index is 13.9. The first kappa shape index (κ1) is 22.8. The summed E-state index contributed by atoms with van der Waals surface area (Å²) < 4.78 is 35.4. The average Bonchev–Trinajstić information content (AvgIpc) is 3.41. The second kappa shape index (κ2) is 8.65. The molecule has 3 aromatic rings. The third-order valence-corrected chi connectivity index (χ3v) is 8.98. The van der Waals surface area contributed by atoms with E-state index >= 15 is 0 Å². The van der Waals surface area contributed by atoms with Gasteiger partial charge < -0.3 is 14.9 Å². The topological polar surface area (TPSA) is 87.1 Å². The molecule has 2 bridgehead atoms. The first-order valence-electron chi connectivity index (χ1n) is 11.0. The number of aromatic hydroxyl groups is 2. The van der Waals surface area contributed by atoms with Gasteiger partial charge in [0, 0.05) is 11.6 Å². The molecule has 8 heteroatoms. The fraction of sp³-hybridized carbons (Fsp3) is 0.231. The van der Waals surface area contributed by atoms with Crippen molar-refractivity contribution in [3.05, 3.63) is 88.9 Å². The molecule has 0 amide bonds. The summed E-state index contributed by atoms with van der Waals surface area (Å²) in [6.07, 6.45) is -0.735. The largest absolute Gasteiger partial charge is 0.508 e. The number of sulfonamides is 1. The molecule has 0 saturated carbocycles. The standard InChI is InChI=1S/C26H24ClNO5S/c1-2-28(19-9-7-18(27)8-10-19)34(31,32)23-15-22-24(16-3-11-20(29)12-4-16)25(26(23)33-22)17-5-13-21(30)14-6-17/h3-14,22-23,26,29-30H,2,15H2,1H3/t22-,23+,26+/m0/s1. The Morgan fingerprint density at radius 2 is 1.41 bits per heavy atom. The van der Waals surface area contributed by atoms with Gasteiger partial charge in [0.1, 0.15) is 22.9 Å². The lowest BCUT2D eigenvalue weighted by Crippen LogP contribution is -2.43. The fourth-order valence-electron chi connectivity index (χ4n) is 4.92. The van der Waals surface area contributed by atoms with Gasteiger partial charge in [-0.15, -0.1) is 0 Å². The Bertz CT molecular complexity index is 1340. The highest BCUT2D eigenvalue weighted by Crippen LogP contribution is 2.51. The summed E-state index contributed by atoms with van der Waals surface area (Å²) >= 11 is 6.01. The van der Waals surface area contributed by atoms with Crippen molar-refractivity contribution in [3.8, 4) is 11.5 Å². The van der Waals surface area contributed by atoms with Crippen LogP contribution in [0.4, 0.5) is 5.69 Å². The number of phenolic OH excluding ortho intramolecular Hbond substituents is 2. The summed E-state index contributed by atoms with van der Waals surface area (Å²) in [6, 6.07) is 20.3. The van der Waals surface area contributed by atoms with Crippen molar-refractivity contribution in [3.63, 3.8) is 0 Å². The van der Waals surface area contributed by atoms with E-state index in [-0.39, 0.29) is 18.0 Å². The van der Waals surface area contributed by atoms with Gasteiger partial charge in [-0.05, 0) is 84.1 Å². The number of fused-ring (bicyclic) bond motifs is 2. The van der Waals surface area contributed by atoms with E-state index < -0.39 is 27.5 Å². The molecule has 3 aromatic carbocycles. The van der Waals surface area contributed by atoms with Gasteiger partial charge in [-0.3, -0.25) is 4.31 Å². The zero-order chi connectivity index (χ0) is 24.0. The van der Waals surface area contributed by atoms with Crippen molar-refractivity contribution < 1.29 is 23.4 Å². The molecular formula is C26H24ClNO5S. The SMILES string of the molecule is CCN(c1ccc(Cl)cc1)S(=O)(=O)[C@@H]1C[C@@H]2O[C@H]1C(c1ccc(O)cc1)=C2c1ccc(O)cc1. The number of ether oxygens (including phenoxy) is 1. The van der Waals surface area contributed by atoms with E-state index in [1.165, 1.54) is 4.31 Å². The molecule has 2 aliphatic heterocycles. The summed E-state index contributed by atoms with van der Waals surface area (Å²) in [5.41, 5.74) is 3.93. The lowest BCUT2D eigenvalue weighted by Gasteiger charge is -2.31. The van der Waals surface area contributed by atoms with Crippen LogP contribution in [-0.2, 0) is 14.8 Å². The van der Waals surface area contributed by atoms with Crippen LogP contribution in [0.5, 0.6) is 11.5 Å². The highest BCUT2D eigenvalue weighted by molar-refractivity contribution is 7.93. The molecule has 3 atom stereocenters. The van der Waals surface area contributed by atoms with Gasteiger partial charge in [0.15, 0.2) is 0 Å². The number of phenols is 2. The zero-order valence-corrected chi connectivity index (χ0v) is 20.0. The van der Waals surface area contributed by atoms with Gasteiger partial charge >= 0.3 is 0 Å². The molecule has 0 spiro atoms. The van der Waals surface area contributed by atoms with Crippen molar-refractivity contribution in [1.29, 1.82) is 0 Å². The smallest absolute Gasteiger partial charge is 0.241 e. The number of hydrogen-bond acceptors (Lipinski definition) is 5. The number of anilines is 1. The Balaban J connectivity index is 1.59. The first-order chi connectivity index (χ1) is 16.3. The molecule has 0 radical (unpaired) electrons. The lowest BCUT2D eigenvalue weighted by atomic mass is 9.83. The molecule has 2 aliphatic rings. The van der Waals surface area contributed by atoms with E-state index in [1.807, 2.05) is 12.1 Å². The molecule has 1 saturated heterocycles. The average molecular weight is 498 g/mol. The molecule has 6 nitrogen and oxygen atoms in total. The first-order valence-corrected chi connectivity index (χ1v) is 12.9. The molecule has 0 aromatic heterocycles.